The van der Waals surface area contributed by atoms with Gasteiger partial charge >= 0.3 is 0 Å². The lowest BCUT2D eigenvalue weighted by atomic mass is 10.1. The first kappa shape index (κ1) is 10.4. The number of nitrogens with zero attached hydrogens (tertiary/aromatic N) is 1. The Labute approximate surface area is 82.1 Å². The number of aryl methyl sites for hydroxylation is 1. The number of halogens is 1. The average Bonchev–Trinajstić information content (AvgIpc) is 2.08. The van der Waals surface area contributed by atoms with Crippen LogP contribution < -0.4 is 0 Å². The second-order valence-electron chi connectivity index (χ2n) is 3.30. The topological polar surface area (TPSA) is 3.24 Å². The molecule has 3 radical (unpaired) electrons. The van der Waals surface area contributed by atoms with Crippen molar-refractivity contribution in [1.29, 1.82) is 0 Å². The van der Waals surface area contributed by atoms with Crippen LogP contribution in [0.5, 0.6) is 0 Å². The second kappa shape index (κ2) is 4.02. The molecule has 0 aromatic heterocycles. The average molecular weight is 194 g/mol. The Balaban J connectivity index is 2.97. The van der Waals surface area contributed by atoms with Gasteiger partial charge < -0.3 is 4.57 Å². The number of benzene rings is 1. The molecule has 0 bridgehead atoms. The van der Waals surface area contributed by atoms with Gasteiger partial charge in [0.25, 0.3) is 0 Å². The lowest BCUT2D eigenvalue weighted by molar-refractivity contribution is 0.435. The molecule has 0 fully saturated rings. The van der Waals surface area contributed by atoms with Crippen molar-refractivity contribution in [3.8, 4) is 0 Å². The van der Waals surface area contributed by atoms with Crippen LogP contribution in [-0.2, 0) is 0 Å². The summed E-state index contributed by atoms with van der Waals surface area (Å²) in [6, 6.07) is 5.44. The highest BCUT2D eigenvalue weighted by molar-refractivity contribution is 6.04. The molecule has 1 aromatic rings. The van der Waals surface area contributed by atoms with E-state index < -0.39 is 0 Å². The minimum absolute atomic E-state index is 0.146. The van der Waals surface area contributed by atoms with Crippen molar-refractivity contribution in [3.05, 3.63) is 35.1 Å². The molecular formula is C10H13FNSi. The SMILES string of the molecule is Cc1cc(C(C)N(C)[Si])ccc1F. The van der Waals surface area contributed by atoms with Crippen LogP contribution in [0.1, 0.15) is 24.1 Å². The molecule has 0 saturated heterocycles. The van der Waals surface area contributed by atoms with Crippen LogP contribution in [-0.4, -0.2) is 22.0 Å². The summed E-state index contributed by atoms with van der Waals surface area (Å²) in [6.45, 7) is 3.83. The zero-order valence-electron chi connectivity index (χ0n) is 8.13. The third-order valence-electron chi connectivity index (χ3n) is 2.25. The van der Waals surface area contributed by atoms with E-state index in [4.69, 9.17) is 0 Å². The molecule has 1 nitrogen and oxygen atoms in total. The predicted molar refractivity (Wildman–Crippen MR) is 53.1 cm³/mol. The van der Waals surface area contributed by atoms with Gasteiger partial charge in [-0.2, -0.15) is 0 Å². The maximum atomic E-state index is 12.9. The summed E-state index contributed by atoms with van der Waals surface area (Å²) in [5.41, 5.74) is 1.80. The monoisotopic (exact) mass is 194 g/mol. The summed E-state index contributed by atoms with van der Waals surface area (Å²) < 4.78 is 14.8. The molecule has 1 atom stereocenters. The second-order valence-corrected chi connectivity index (χ2v) is 4.00. The third kappa shape index (κ3) is 2.38. The standard InChI is InChI=1S/C10H13FNSi/c1-7-6-9(4-5-10(7)11)8(2)12(3)13/h4-6,8H,1-3H3. The van der Waals surface area contributed by atoms with Gasteiger partial charge in [0, 0.05) is 6.04 Å². The Morgan fingerprint density at radius 1 is 1.46 bits per heavy atom. The third-order valence-corrected chi connectivity index (χ3v) is 2.63. The zero-order valence-corrected chi connectivity index (χ0v) is 9.13. The van der Waals surface area contributed by atoms with Gasteiger partial charge in [-0.3, -0.25) is 0 Å². The largest absolute Gasteiger partial charge is 0.323 e. The van der Waals surface area contributed by atoms with Gasteiger partial charge in [0.2, 0.25) is 0 Å². The van der Waals surface area contributed by atoms with E-state index in [0.29, 0.717) is 5.56 Å². The van der Waals surface area contributed by atoms with Crippen molar-refractivity contribution in [2.24, 2.45) is 0 Å². The van der Waals surface area contributed by atoms with Crippen LogP contribution in [0.25, 0.3) is 0 Å². The molecule has 0 spiro atoms. The van der Waals surface area contributed by atoms with Crippen molar-refractivity contribution < 1.29 is 4.39 Å². The van der Waals surface area contributed by atoms with E-state index in [-0.39, 0.29) is 11.9 Å². The van der Waals surface area contributed by atoms with Gasteiger partial charge in [0.15, 0.2) is 0 Å². The highest BCUT2D eigenvalue weighted by atomic mass is 28.2. The molecule has 13 heavy (non-hydrogen) atoms. The Bertz CT molecular complexity index is 299. The summed E-state index contributed by atoms with van der Waals surface area (Å²) in [4.78, 5) is 0. The number of hydrogen-bond acceptors (Lipinski definition) is 1. The molecule has 1 rings (SSSR count). The lowest BCUT2D eigenvalue weighted by Gasteiger charge is -2.20. The van der Waals surface area contributed by atoms with E-state index in [0.717, 1.165) is 5.56 Å². The van der Waals surface area contributed by atoms with Gasteiger partial charge in [0.1, 0.15) is 16.2 Å². The highest BCUT2D eigenvalue weighted by Gasteiger charge is 2.08. The first-order valence-corrected chi connectivity index (χ1v) is 4.67. The molecule has 69 valence electrons. The van der Waals surface area contributed by atoms with Gasteiger partial charge in [-0.1, -0.05) is 12.1 Å². The van der Waals surface area contributed by atoms with Crippen LogP contribution in [0.15, 0.2) is 18.2 Å². The first-order valence-electron chi connectivity index (χ1n) is 4.22. The van der Waals surface area contributed by atoms with Gasteiger partial charge in [0.05, 0.1) is 0 Å². The fourth-order valence-corrected chi connectivity index (χ4v) is 1.30. The molecule has 0 aliphatic heterocycles. The molecule has 3 heteroatoms. The predicted octanol–water partition coefficient (Wildman–Crippen LogP) is 2.21. The Kier molecular flexibility index (Phi) is 3.22. The van der Waals surface area contributed by atoms with E-state index in [9.17, 15) is 4.39 Å². The lowest BCUT2D eigenvalue weighted by Crippen LogP contribution is -2.18. The van der Waals surface area contributed by atoms with Crippen molar-refractivity contribution in [1.82, 2.24) is 4.57 Å². The quantitative estimate of drug-likeness (QED) is 0.652. The molecule has 0 heterocycles. The summed E-state index contributed by atoms with van der Waals surface area (Å²) in [6.07, 6.45) is 0. The van der Waals surface area contributed by atoms with E-state index in [1.807, 2.05) is 23.7 Å². The smallest absolute Gasteiger partial charge is 0.143 e. The summed E-state index contributed by atoms with van der Waals surface area (Å²) in [7, 11) is 5.34. The molecule has 1 aromatic carbocycles. The zero-order chi connectivity index (χ0) is 10.0. The number of hydrogen-bond donors (Lipinski definition) is 0. The fourth-order valence-electron chi connectivity index (χ4n) is 1.15. The van der Waals surface area contributed by atoms with Crippen molar-refractivity contribution in [2.45, 2.75) is 19.9 Å². The number of rotatable bonds is 2. The molecule has 0 N–H and O–H groups in total. The maximum absolute atomic E-state index is 12.9. The highest BCUT2D eigenvalue weighted by Crippen LogP contribution is 2.19. The molecule has 1 unspecified atom stereocenters. The van der Waals surface area contributed by atoms with Crippen molar-refractivity contribution in [3.63, 3.8) is 0 Å². The summed E-state index contributed by atoms with van der Waals surface area (Å²) >= 11 is 0. The Morgan fingerprint density at radius 3 is 2.54 bits per heavy atom. The maximum Gasteiger partial charge on any atom is 0.143 e. The first-order chi connectivity index (χ1) is 6.02. The Morgan fingerprint density at radius 2 is 2.08 bits per heavy atom. The van der Waals surface area contributed by atoms with Gasteiger partial charge in [-0.05, 0) is 38.1 Å². The normalized spacial score (nSPS) is 13.4. The molecule has 0 aliphatic carbocycles. The molecule has 0 aliphatic rings. The van der Waals surface area contributed by atoms with E-state index >= 15 is 0 Å². The van der Waals surface area contributed by atoms with Crippen molar-refractivity contribution >= 4 is 10.4 Å². The van der Waals surface area contributed by atoms with Crippen molar-refractivity contribution in [2.75, 3.05) is 7.05 Å². The molecule has 0 saturated carbocycles. The van der Waals surface area contributed by atoms with Crippen LogP contribution >= 0.6 is 0 Å². The van der Waals surface area contributed by atoms with E-state index in [1.165, 1.54) is 6.07 Å². The minimum Gasteiger partial charge on any atom is -0.323 e. The van der Waals surface area contributed by atoms with Crippen LogP contribution in [0.4, 0.5) is 4.39 Å². The van der Waals surface area contributed by atoms with Crippen LogP contribution in [0, 0.1) is 12.7 Å². The van der Waals surface area contributed by atoms with Crippen LogP contribution in [0.3, 0.4) is 0 Å². The minimum atomic E-state index is -0.146. The van der Waals surface area contributed by atoms with E-state index in [2.05, 4.69) is 17.3 Å². The molecule has 0 amide bonds. The fraction of sp³-hybridized carbons (Fsp3) is 0.400. The molecular weight excluding hydrogens is 181 g/mol. The van der Waals surface area contributed by atoms with Gasteiger partial charge in [-0.15, -0.1) is 0 Å². The summed E-state index contributed by atoms with van der Waals surface area (Å²) in [5.74, 6) is -0.146. The van der Waals surface area contributed by atoms with Crippen LogP contribution in [0.2, 0.25) is 0 Å². The van der Waals surface area contributed by atoms with Gasteiger partial charge in [-0.25, -0.2) is 4.39 Å². The Hall–Kier alpha value is -0.673. The summed E-state index contributed by atoms with van der Waals surface area (Å²) in [5, 5.41) is 0. The van der Waals surface area contributed by atoms with E-state index in [1.54, 1.807) is 6.92 Å².